The van der Waals surface area contributed by atoms with Gasteiger partial charge in [-0.05, 0) is 47.9 Å². The lowest BCUT2D eigenvalue weighted by atomic mass is 10.2. The first-order valence-corrected chi connectivity index (χ1v) is 17.7. The van der Waals surface area contributed by atoms with Gasteiger partial charge in [-0.1, -0.05) is 41.5 Å². The molecule has 0 amide bonds. The van der Waals surface area contributed by atoms with Crippen LogP contribution in [0.5, 0.6) is 0 Å². The van der Waals surface area contributed by atoms with Crippen molar-refractivity contribution in [1.29, 1.82) is 0 Å². The number of hydrogen-bond donors (Lipinski definition) is 1. The fourth-order valence-corrected chi connectivity index (χ4v) is 5.86. The molecule has 0 saturated carbocycles. The second-order valence-corrected chi connectivity index (χ2v) is 22.0. The summed E-state index contributed by atoms with van der Waals surface area (Å²) in [6.07, 6.45) is 1.48. The number of H-pyrrole nitrogens is 1. The molecule has 3 heterocycles. The lowest BCUT2D eigenvalue weighted by molar-refractivity contribution is -0.0383. The van der Waals surface area contributed by atoms with Crippen LogP contribution < -0.4 is 5.56 Å². The van der Waals surface area contributed by atoms with Crippen molar-refractivity contribution in [3.63, 3.8) is 0 Å². The van der Waals surface area contributed by atoms with Gasteiger partial charge in [-0.25, -0.2) is 4.98 Å². The van der Waals surface area contributed by atoms with Gasteiger partial charge in [0.15, 0.2) is 27.8 Å². The Kier molecular flexibility index (Phi) is 7.14. The smallest absolute Gasteiger partial charge is 0.280 e. The van der Waals surface area contributed by atoms with Gasteiger partial charge in [0.25, 0.3) is 5.56 Å². The SMILES string of the molecule is CC(C)(C)[Si](C)(C)OC[C@H]1O[C@@H](n2cnc3c(=O)[nH]c(Cl)nc32)C[C@@H]1O[Si](C)(C)C(C)(C)C. The molecule has 0 unspecified atom stereocenters. The topological polar surface area (TPSA) is 91.3 Å². The molecule has 3 rings (SSSR count). The molecular formula is C22H39ClN4O4Si2. The molecule has 11 heteroatoms. The molecule has 8 nitrogen and oxygen atoms in total. The third-order valence-corrected chi connectivity index (χ3v) is 16.7. The Morgan fingerprint density at radius 3 is 2.33 bits per heavy atom. The van der Waals surface area contributed by atoms with E-state index < -0.39 is 16.6 Å². The molecule has 186 valence electrons. The molecule has 0 spiro atoms. The quantitative estimate of drug-likeness (QED) is 0.405. The highest BCUT2D eigenvalue weighted by molar-refractivity contribution is 6.74. The molecule has 1 aliphatic heterocycles. The summed E-state index contributed by atoms with van der Waals surface area (Å²) in [5, 5.41) is 0.197. The summed E-state index contributed by atoms with van der Waals surface area (Å²) in [7, 11) is -4.01. The molecule has 3 atom stereocenters. The maximum Gasteiger partial charge on any atom is 0.280 e. The summed E-state index contributed by atoms with van der Waals surface area (Å²) in [4.78, 5) is 23.3. The van der Waals surface area contributed by atoms with E-state index in [1.54, 1.807) is 10.9 Å². The number of imidazole rings is 1. The summed E-state index contributed by atoms with van der Waals surface area (Å²) in [6.45, 7) is 22.8. The Bertz CT molecular complexity index is 1060. The highest BCUT2D eigenvalue weighted by Crippen LogP contribution is 2.42. The molecule has 1 fully saturated rings. The normalized spacial score (nSPS) is 22.9. The predicted molar refractivity (Wildman–Crippen MR) is 137 cm³/mol. The Balaban J connectivity index is 1.91. The highest BCUT2D eigenvalue weighted by atomic mass is 35.5. The molecule has 0 radical (unpaired) electrons. The van der Waals surface area contributed by atoms with Crippen LogP contribution in [0.1, 0.15) is 54.2 Å². The Labute approximate surface area is 203 Å². The Hall–Kier alpha value is -1.05. The van der Waals surface area contributed by atoms with Crippen LogP contribution in [0.3, 0.4) is 0 Å². The van der Waals surface area contributed by atoms with Crippen molar-refractivity contribution >= 4 is 39.4 Å². The number of ether oxygens (including phenoxy) is 1. The van der Waals surface area contributed by atoms with Crippen LogP contribution in [-0.2, 0) is 13.6 Å². The Morgan fingerprint density at radius 1 is 1.15 bits per heavy atom. The zero-order chi connectivity index (χ0) is 25.0. The molecule has 1 N–H and O–H groups in total. The summed E-state index contributed by atoms with van der Waals surface area (Å²) < 4.78 is 21.6. The van der Waals surface area contributed by atoms with Crippen molar-refractivity contribution in [2.45, 2.75) is 103 Å². The van der Waals surface area contributed by atoms with Crippen molar-refractivity contribution < 1.29 is 13.6 Å². The first-order chi connectivity index (χ1) is 14.9. The van der Waals surface area contributed by atoms with E-state index in [1.165, 1.54) is 0 Å². The number of fused-ring (bicyclic) bond motifs is 1. The molecule has 1 aliphatic rings. The van der Waals surface area contributed by atoms with Gasteiger partial charge in [-0.15, -0.1) is 0 Å². The predicted octanol–water partition coefficient (Wildman–Crippen LogP) is 5.47. The minimum absolute atomic E-state index is 0.0270. The van der Waals surface area contributed by atoms with Gasteiger partial charge in [0.05, 0.1) is 19.0 Å². The van der Waals surface area contributed by atoms with Crippen LogP contribution in [0.15, 0.2) is 11.1 Å². The maximum atomic E-state index is 12.2. The second kappa shape index (κ2) is 8.87. The monoisotopic (exact) mass is 514 g/mol. The third-order valence-electron chi connectivity index (χ3n) is 7.56. The fourth-order valence-electron chi connectivity index (χ4n) is 3.32. The molecule has 0 aromatic carbocycles. The number of aromatic amines is 1. The van der Waals surface area contributed by atoms with Gasteiger partial charge in [-0.2, -0.15) is 4.98 Å². The van der Waals surface area contributed by atoms with Crippen molar-refractivity contribution in [3.8, 4) is 0 Å². The minimum Gasteiger partial charge on any atom is -0.414 e. The molecular weight excluding hydrogens is 476 g/mol. The number of aromatic nitrogens is 4. The van der Waals surface area contributed by atoms with E-state index in [1.807, 2.05) is 0 Å². The average molecular weight is 515 g/mol. The first-order valence-electron chi connectivity index (χ1n) is 11.5. The van der Waals surface area contributed by atoms with E-state index in [4.69, 9.17) is 25.2 Å². The van der Waals surface area contributed by atoms with Gasteiger partial charge in [0.1, 0.15) is 12.3 Å². The lowest BCUT2D eigenvalue weighted by Gasteiger charge is -2.40. The van der Waals surface area contributed by atoms with E-state index in [0.717, 1.165) is 0 Å². The van der Waals surface area contributed by atoms with Crippen LogP contribution in [0.25, 0.3) is 11.2 Å². The molecule has 2 aromatic heterocycles. The number of rotatable bonds is 6. The molecule has 33 heavy (non-hydrogen) atoms. The summed E-state index contributed by atoms with van der Waals surface area (Å²) in [5.41, 5.74) is 0.283. The summed E-state index contributed by atoms with van der Waals surface area (Å²) in [5.74, 6) is 0. The minimum atomic E-state index is -2.05. The largest absolute Gasteiger partial charge is 0.414 e. The highest BCUT2D eigenvalue weighted by Gasteiger charge is 2.46. The molecule has 1 saturated heterocycles. The van der Waals surface area contributed by atoms with Gasteiger partial charge in [0, 0.05) is 6.42 Å². The summed E-state index contributed by atoms with van der Waals surface area (Å²) >= 11 is 6.01. The van der Waals surface area contributed by atoms with Crippen molar-refractivity contribution in [2.24, 2.45) is 0 Å². The van der Waals surface area contributed by atoms with Crippen LogP contribution in [-0.4, -0.2) is 55.0 Å². The zero-order valence-electron chi connectivity index (χ0n) is 21.6. The van der Waals surface area contributed by atoms with Crippen molar-refractivity contribution in [3.05, 3.63) is 22.0 Å². The van der Waals surface area contributed by atoms with Gasteiger partial charge in [0.2, 0.25) is 5.28 Å². The van der Waals surface area contributed by atoms with Crippen LogP contribution in [0.2, 0.25) is 41.5 Å². The van der Waals surface area contributed by atoms with Crippen molar-refractivity contribution in [1.82, 2.24) is 19.5 Å². The number of hydrogen-bond acceptors (Lipinski definition) is 6. The lowest BCUT2D eigenvalue weighted by Crippen LogP contribution is -2.48. The molecule has 0 bridgehead atoms. The Morgan fingerprint density at radius 2 is 1.76 bits per heavy atom. The van der Waals surface area contributed by atoms with E-state index in [-0.39, 0.29) is 44.9 Å². The van der Waals surface area contributed by atoms with Crippen LogP contribution in [0, 0.1) is 0 Å². The van der Waals surface area contributed by atoms with E-state index in [0.29, 0.717) is 18.7 Å². The number of nitrogens with zero attached hydrogens (tertiary/aromatic N) is 3. The van der Waals surface area contributed by atoms with Gasteiger partial charge in [-0.3, -0.25) is 14.3 Å². The van der Waals surface area contributed by atoms with Gasteiger partial charge < -0.3 is 13.6 Å². The first kappa shape index (κ1) is 26.6. The number of halogens is 1. The maximum absolute atomic E-state index is 12.2. The zero-order valence-corrected chi connectivity index (χ0v) is 24.3. The van der Waals surface area contributed by atoms with Crippen LogP contribution in [0.4, 0.5) is 0 Å². The second-order valence-electron chi connectivity index (χ2n) is 12.0. The standard InChI is InChI=1S/C22H39ClN4O4Si2/c1-21(2,3)32(7,8)29-12-15-14(31-33(9,10)22(4,5)6)11-16(30-15)27-13-24-17-18(27)25-20(23)26-19(17)28/h13-16H,11-12H2,1-10H3,(H,25,26,28)/t14-,15+,16+/m0/s1. The van der Waals surface area contributed by atoms with E-state index in [2.05, 4.69) is 82.7 Å². The molecule has 2 aromatic rings. The van der Waals surface area contributed by atoms with Gasteiger partial charge >= 0.3 is 0 Å². The average Bonchev–Trinajstić information content (AvgIpc) is 3.21. The van der Waals surface area contributed by atoms with Crippen LogP contribution >= 0.6 is 11.6 Å². The third kappa shape index (κ3) is 5.46. The fraction of sp³-hybridized carbons (Fsp3) is 0.773. The number of nitrogens with one attached hydrogen (secondary N) is 1. The summed E-state index contributed by atoms with van der Waals surface area (Å²) in [6, 6.07) is 0. The molecule has 0 aliphatic carbocycles. The van der Waals surface area contributed by atoms with E-state index >= 15 is 0 Å². The van der Waals surface area contributed by atoms with Crippen molar-refractivity contribution in [2.75, 3.05) is 6.61 Å². The van der Waals surface area contributed by atoms with E-state index in [9.17, 15) is 4.79 Å².